The number of benzene rings is 1. The molecule has 0 N–H and O–H groups in total. The van der Waals surface area contributed by atoms with Crippen LogP contribution in [0.5, 0.6) is 0 Å². The first kappa shape index (κ1) is 8.76. The zero-order valence-corrected chi connectivity index (χ0v) is 7.22. The second kappa shape index (κ2) is 3.38. The number of nitrogens with zero attached hydrogens (tertiary/aromatic N) is 1. The van der Waals surface area contributed by atoms with Gasteiger partial charge in [-0.2, -0.15) is 0 Å². The number of Topliss-reactive ketones (excluding diaryl/α,β-unsaturated/α-hetero) is 1. The normalized spacial score (nSPS) is 9.08. The highest BCUT2D eigenvalue weighted by Crippen LogP contribution is 2.22. The highest BCUT2D eigenvalue weighted by Gasteiger charge is 2.04. The van der Waals surface area contributed by atoms with E-state index < -0.39 is 0 Å². The summed E-state index contributed by atoms with van der Waals surface area (Å²) in [6.45, 7) is 8.14. The van der Waals surface area contributed by atoms with Gasteiger partial charge in [0.25, 0.3) is 0 Å². The molecule has 0 aliphatic rings. The molecule has 1 rings (SSSR count). The van der Waals surface area contributed by atoms with Crippen LogP contribution >= 0.6 is 11.6 Å². The Hall–Kier alpha value is -1.33. The van der Waals surface area contributed by atoms with Gasteiger partial charge in [0.1, 0.15) is 0 Å². The van der Waals surface area contributed by atoms with Crippen LogP contribution in [0.1, 0.15) is 17.3 Å². The fourth-order valence-electron chi connectivity index (χ4n) is 0.859. The van der Waals surface area contributed by atoms with Crippen molar-refractivity contribution in [1.82, 2.24) is 0 Å². The Morgan fingerprint density at radius 3 is 2.67 bits per heavy atom. The first-order valence-electron chi connectivity index (χ1n) is 3.33. The molecule has 60 valence electrons. The van der Waals surface area contributed by atoms with Crippen LogP contribution in [0.4, 0.5) is 5.69 Å². The van der Waals surface area contributed by atoms with Gasteiger partial charge in [0.2, 0.25) is 0 Å². The lowest BCUT2D eigenvalue weighted by molar-refractivity contribution is 0.101. The molecule has 0 heterocycles. The lowest BCUT2D eigenvalue weighted by atomic mass is 10.1. The summed E-state index contributed by atoms with van der Waals surface area (Å²) in [5, 5.41) is 0.344. The molecule has 0 radical (unpaired) electrons. The molecule has 2 nitrogen and oxygen atoms in total. The maximum absolute atomic E-state index is 10.9. The second-order valence-corrected chi connectivity index (χ2v) is 2.74. The molecule has 0 aliphatic heterocycles. The van der Waals surface area contributed by atoms with Gasteiger partial charge >= 0.3 is 0 Å². The van der Waals surface area contributed by atoms with E-state index in [1.54, 1.807) is 12.1 Å². The topological polar surface area (TPSA) is 21.4 Å². The number of halogens is 1. The Balaban J connectivity index is 3.23. The number of rotatable bonds is 1. The third kappa shape index (κ3) is 1.63. The quantitative estimate of drug-likeness (QED) is 0.480. The molecule has 0 saturated carbocycles. The van der Waals surface area contributed by atoms with Crippen LogP contribution < -0.4 is 0 Å². The number of hydrogen-bond donors (Lipinski definition) is 0. The highest BCUT2D eigenvalue weighted by atomic mass is 35.5. The third-order valence-electron chi connectivity index (χ3n) is 1.46. The van der Waals surface area contributed by atoms with Gasteiger partial charge in [-0.3, -0.25) is 4.79 Å². The van der Waals surface area contributed by atoms with Crippen LogP contribution in [-0.2, 0) is 0 Å². The Labute approximate surface area is 75.6 Å². The van der Waals surface area contributed by atoms with E-state index in [0.717, 1.165) is 0 Å². The number of carbonyl (C=O) groups excluding carboxylic acids is 1. The summed E-state index contributed by atoms with van der Waals surface area (Å²) in [6.07, 6.45) is 0. The van der Waals surface area contributed by atoms with Gasteiger partial charge in [-0.15, -0.1) is 0 Å². The van der Waals surface area contributed by atoms with Crippen LogP contribution in [0.15, 0.2) is 18.2 Å². The van der Waals surface area contributed by atoms with E-state index >= 15 is 0 Å². The molecule has 0 spiro atoms. The SMILES string of the molecule is [C-]#[N+]c1ccc(C(C)=O)c(Cl)c1. The Morgan fingerprint density at radius 1 is 1.58 bits per heavy atom. The van der Waals surface area contributed by atoms with Crippen LogP contribution in [-0.4, -0.2) is 5.78 Å². The minimum absolute atomic E-state index is 0.0865. The molecule has 0 aliphatic carbocycles. The van der Waals surface area contributed by atoms with Crippen molar-refractivity contribution in [2.24, 2.45) is 0 Å². The largest absolute Gasteiger partial charge is 0.294 e. The van der Waals surface area contributed by atoms with Gasteiger partial charge in [0, 0.05) is 10.6 Å². The summed E-state index contributed by atoms with van der Waals surface area (Å²) in [4.78, 5) is 14.1. The molecule has 0 amide bonds. The van der Waals surface area contributed by atoms with Crippen molar-refractivity contribution in [2.45, 2.75) is 6.92 Å². The molecule has 0 saturated heterocycles. The maximum Gasteiger partial charge on any atom is 0.188 e. The van der Waals surface area contributed by atoms with E-state index in [0.29, 0.717) is 16.3 Å². The van der Waals surface area contributed by atoms with Crippen molar-refractivity contribution < 1.29 is 4.79 Å². The molecule has 0 bridgehead atoms. The van der Waals surface area contributed by atoms with Crippen molar-refractivity contribution >= 4 is 23.1 Å². The smallest absolute Gasteiger partial charge is 0.188 e. The molecule has 1 aromatic rings. The zero-order chi connectivity index (χ0) is 9.14. The minimum atomic E-state index is -0.0865. The molecular formula is C9H6ClNO. The molecule has 0 aromatic heterocycles. The Morgan fingerprint density at radius 2 is 2.25 bits per heavy atom. The van der Waals surface area contributed by atoms with Crippen LogP contribution in [0.25, 0.3) is 4.85 Å². The van der Waals surface area contributed by atoms with Gasteiger partial charge in [0.05, 0.1) is 6.57 Å². The Kier molecular flexibility index (Phi) is 2.47. The summed E-state index contributed by atoms with van der Waals surface area (Å²) in [5.41, 5.74) is 0.911. The molecule has 0 fully saturated rings. The molecule has 12 heavy (non-hydrogen) atoms. The number of ketones is 1. The van der Waals surface area contributed by atoms with Gasteiger partial charge in [-0.25, -0.2) is 4.85 Å². The summed E-state index contributed by atoms with van der Waals surface area (Å²) in [5.74, 6) is -0.0865. The van der Waals surface area contributed by atoms with Crippen molar-refractivity contribution in [1.29, 1.82) is 0 Å². The molecular weight excluding hydrogens is 174 g/mol. The monoisotopic (exact) mass is 179 g/mol. The van der Waals surface area contributed by atoms with Crippen molar-refractivity contribution in [3.05, 3.63) is 40.2 Å². The van der Waals surface area contributed by atoms with Crippen LogP contribution in [0, 0.1) is 6.57 Å². The Bertz CT molecular complexity index is 365. The van der Waals surface area contributed by atoms with E-state index in [4.69, 9.17) is 18.2 Å². The second-order valence-electron chi connectivity index (χ2n) is 2.33. The van der Waals surface area contributed by atoms with Gasteiger partial charge in [-0.1, -0.05) is 23.7 Å². The third-order valence-corrected chi connectivity index (χ3v) is 1.77. The molecule has 1 aromatic carbocycles. The van der Waals surface area contributed by atoms with E-state index in [-0.39, 0.29) is 5.78 Å². The van der Waals surface area contributed by atoms with E-state index in [2.05, 4.69) is 4.85 Å². The van der Waals surface area contributed by atoms with E-state index in [1.165, 1.54) is 13.0 Å². The molecule has 0 unspecified atom stereocenters. The summed E-state index contributed by atoms with van der Waals surface area (Å²) >= 11 is 5.74. The first-order valence-corrected chi connectivity index (χ1v) is 3.71. The van der Waals surface area contributed by atoms with Crippen LogP contribution in [0.2, 0.25) is 5.02 Å². The van der Waals surface area contributed by atoms with E-state index in [1.807, 2.05) is 0 Å². The fraction of sp³-hybridized carbons (Fsp3) is 0.111. The average Bonchev–Trinajstić information content (AvgIpc) is 2.03. The number of carbonyl (C=O) groups is 1. The standard InChI is InChI=1S/C9H6ClNO/c1-6(12)8-4-3-7(11-2)5-9(8)10/h3-5H,1H3. The summed E-state index contributed by atoms with van der Waals surface area (Å²) < 4.78 is 0. The van der Waals surface area contributed by atoms with E-state index in [9.17, 15) is 4.79 Å². The predicted octanol–water partition coefficient (Wildman–Crippen LogP) is 3.09. The highest BCUT2D eigenvalue weighted by molar-refractivity contribution is 6.34. The predicted molar refractivity (Wildman–Crippen MR) is 47.7 cm³/mol. The van der Waals surface area contributed by atoms with Gasteiger partial charge in [0.15, 0.2) is 11.5 Å². The van der Waals surface area contributed by atoms with Crippen molar-refractivity contribution in [2.75, 3.05) is 0 Å². The van der Waals surface area contributed by atoms with Crippen LogP contribution in [0.3, 0.4) is 0 Å². The zero-order valence-electron chi connectivity index (χ0n) is 6.47. The van der Waals surface area contributed by atoms with Gasteiger partial charge < -0.3 is 0 Å². The fourth-order valence-corrected chi connectivity index (χ4v) is 1.17. The van der Waals surface area contributed by atoms with Crippen molar-refractivity contribution in [3.8, 4) is 0 Å². The molecule has 3 heteroatoms. The maximum atomic E-state index is 10.9. The van der Waals surface area contributed by atoms with Gasteiger partial charge in [-0.05, 0) is 13.0 Å². The molecule has 0 atom stereocenters. The number of hydrogen-bond acceptors (Lipinski definition) is 1. The first-order chi connectivity index (χ1) is 5.65. The van der Waals surface area contributed by atoms with Crippen molar-refractivity contribution in [3.63, 3.8) is 0 Å². The lowest BCUT2D eigenvalue weighted by Gasteiger charge is -1.98. The lowest BCUT2D eigenvalue weighted by Crippen LogP contribution is -1.91. The summed E-state index contributed by atoms with van der Waals surface area (Å²) in [7, 11) is 0. The summed E-state index contributed by atoms with van der Waals surface area (Å²) in [6, 6.07) is 4.64. The minimum Gasteiger partial charge on any atom is -0.294 e. The average molecular weight is 180 g/mol.